The Balaban J connectivity index is 1.52. The van der Waals surface area contributed by atoms with Crippen LogP contribution in [0.4, 0.5) is 0 Å². The van der Waals surface area contributed by atoms with E-state index in [1.165, 1.54) is 4.31 Å². The minimum atomic E-state index is -3.69. The summed E-state index contributed by atoms with van der Waals surface area (Å²) in [5, 5.41) is -0.475. The van der Waals surface area contributed by atoms with Gasteiger partial charge in [-0.1, -0.05) is 76.2 Å². The molecule has 2 aliphatic carbocycles. The Hall–Kier alpha value is 0.257. The number of carbonyl (C=O) groups is 1. The lowest BCUT2D eigenvalue weighted by atomic mass is 9.69. The third kappa shape index (κ3) is 4.37. The second kappa shape index (κ2) is 9.88. The second-order valence-electron chi connectivity index (χ2n) is 16.2. The monoisotopic (exact) mass is 631 g/mol. The Kier molecular flexibility index (Phi) is 7.82. The predicted octanol–water partition coefficient (Wildman–Crippen LogP) is 6.89. The van der Waals surface area contributed by atoms with E-state index in [0.717, 1.165) is 30.8 Å². The van der Waals surface area contributed by atoms with Crippen LogP contribution in [0.3, 0.4) is 0 Å². The Morgan fingerprint density at radius 3 is 2.08 bits per heavy atom. The van der Waals surface area contributed by atoms with Gasteiger partial charge in [0.25, 0.3) is 0 Å². The third-order valence-electron chi connectivity index (χ3n) is 11.7. The van der Waals surface area contributed by atoms with E-state index in [1.54, 1.807) is 0 Å². The van der Waals surface area contributed by atoms with E-state index in [9.17, 15) is 13.2 Å². The zero-order valence-electron chi connectivity index (χ0n) is 26.6. The molecule has 5 aliphatic rings. The molecule has 0 radical (unpaired) electrons. The Bertz CT molecular complexity index is 1110. The summed E-state index contributed by atoms with van der Waals surface area (Å²) in [5.41, 5.74) is -0.388. The van der Waals surface area contributed by atoms with Crippen molar-refractivity contribution in [2.45, 2.75) is 128 Å². The Labute approximate surface area is 253 Å². The van der Waals surface area contributed by atoms with Crippen LogP contribution < -0.4 is 0 Å². The van der Waals surface area contributed by atoms with E-state index in [-0.39, 0.29) is 50.6 Å². The highest BCUT2D eigenvalue weighted by atomic mass is 32.2. The van der Waals surface area contributed by atoms with Crippen molar-refractivity contribution in [1.82, 2.24) is 4.31 Å². The number of nitrogens with zero attached hydrogens (tertiary/aromatic N) is 1. The summed E-state index contributed by atoms with van der Waals surface area (Å²) in [6.07, 6.45) is 2.32. The van der Waals surface area contributed by atoms with E-state index in [4.69, 9.17) is 8.85 Å². The van der Waals surface area contributed by atoms with Crippen molar-refractivity contribution in [2.24, 2.45) is 34.5 Å². The van der Waals surface area contributed by atoms with Crippen molar-refractivity contribution >= 4 is 48.0 Å². The first kappa shape index (κ1) is 31.7. The van der Waals surface area contributed by atoms with Gasteiger partial charge in [-0.15, -0.1) is 23.5 Å². The smallest absolute Gasteiger partial charge is 0.349 e. The lowest BCUT2D eigenvalue weighted by Crippen LogP contribution is -2.68. The van der Waals surface area contributed by atoms with Crippen molar-refractivity contribution < 1.29 is 22.1 Å². The van der Waals surface area contributed by atoms with Gasteiger partial charge in [0.1, 0.15) is 0 Å². The quantitative estimate of drug-likeness (QED) is 0.313. The molecule has 1 amide bonds. The van der Waals surface area contributed by atoms with Gasteiger partial charge < -0.3 is 8.85 Å². The predicted molar refractivity (Wildman–Crippen MR) is 169 cm³/mol. The van der Waals surface area contributed by atoms with Crippen LogP contribution in [-0.4, -0.2) is 67.3 Å². The van der Waals surface area contributed by atoms with Crippen LogP contribution in [0.15, 0.2) is 0 Å². The van der Waals surface area contributed by atoms with Gasteiger partial charge in [-0.25, -0.2) is 12.7 Å². The molecule has 2 saturated carbocycles. The summed E-state index contributed by atoms with van der Waals surface area (Å²) < 4.78 is 43.9. The molecule has 1 spiro atoms. The molecule has 0 aromatic heterocycles. The highest BCUT2D eigenvalue weighted by molar-refractivity contribution is 8.20. The number of carbonyl (C=O) groups excluding carboxylic acids is 1. The number of sulfonamides is 1. The lowest BCUT2D eigenvalue weighted by molar-refractivity contribution is -0.145. The van der Waals surface area contributed by atoms with Crippen LogP contribution in [0, 0.1) is 34.5 Å². The molecule has 8 atom stereocenters. The molecule has 230 valence electrons. The molecular formula is C30H53NO5S3Si. The standard InChI is InChI=1S/C30H53NO5S3Si/c1-18-23(19(2)25(32)31-22-16-21-12-13-30(22,29(21,10)11)17-39(31,33)34)35-40(27(4,5)6,28(7,8)9)36-24(18)20(3)26-37-14-15-38-26/h18-24,26H,12-17H2,1-11H3/t18-,19-,20-,21-,22-,23+,24-,30-/m0/s1. The maximum Gasteiger partial charge on any atom is 0.349 e. The molecule has 3 aliphatic heterocycles. The van der Waals surface area contributed by atoms with E-state index in [1.807, 2.05) is 30.4 Å². The average molecular weight is 632 g/mol. The van der Waals surface area contributed by atoms with Crippen LogP contribution >= 0.6 is 23.5 Å². The summed E-state index contributed by atoms with van der Waals surface area (Å²) in [4.78, 5) is 14.5. The maximum atomic E-state index is 14.5. The number of thioether (sulfide) groups is 2. The summed E-state index contributed by atoms with van der Waals surface area (Å²) in [6.45, 7) is 24.2. The molecule has 0 aromatic rings. The largest absolute Gasteiger partial charge is 0.390 e. The molecule has 3 heterocycles. The minimum absolute atomic E-state index is 0.0307. The second-order valence-corrected chi connectivity index (χ2v) is 25.5. The van der Waals surface area contributed by atoms with Gasteiger partial charge in [-0.05, 0) is 30.6 Å². The summed E-state index contributed by atoms with van der Waals surface area (Å²) in [6, 6.07) is -0.218. The Morgan fingerprint density at radius 2 is 1.55 bits per heavy atom. The van der Waals surface area contributed by atoms with Gasteiger partial charge in [-0.2, -0.15) is 0 Å². The number of hydrogen-bond acceptors (Lipinski definition) is 7. The Morgan fingerprint density at radius 1 is 1.00 bits per heavy atom. The van der Waals surface area contributed by atoms with E-state index < -0.39 is 30.6 Å². The van der Waals surface area contributed by atoms with E-state index in [0.29, 0.717) is 16.4 Å². The van der Waals surface area contributed by atoms with Crippen LogP contribution in [0.5, 0.6) is 0 Å². The zero-order chi connectivity index (χ0) is 29.8. The SMILES string of the molecule is C[C@H]1[C@H]([C@H](C)C(=O)N2[C@H]3C[C@@H]4CC[C@@]3(CS2(=O)=O)C4(C)C)O[Si](C(C)(C)C)(C(C)(C)C)O[C@@H]1[C@H](C)C1SCCS1. The zero-order valence-corrected chi connectivity index (χ0v) is 30.0. The first-order valence-corrected chi connectivity index (χ1v) is 20.9. The summed E-state index contributed by atoms with van der Waals surface area (Å²) >= 11 is 4.03. The molecule has 5 rings (SSSR count). The molecule has 3 saturated heterocycles. The minimum Gasteiger partial charge on any atom is -0.390 e. The average Bonchev–Trinajstić information content (AvgIpc) is 3.54. The van der Waals surface area contributed by atoms with E-state index >= 15 is 0 Å². The van der Waals surface area contributed by atoms with Crippen LogP contribution in [0.2, 0.25) is 10.1 Å². The molecule has 10 heteroatoms. The van der Waals surface area contributed by atoms with Gasteiger partial charge in [0.15, 0.2) is 0 Å². The van der Waals surface area contributed by atoms with Crippen molar-refractivity contribution in [3.8, 4) is 0 Å². The third-order valence-corrected chi connectivity index (χ3v) is 22.3. The molecule has 40 heavy (non-hydrogen) atoms. The van der Waals surface area contributed by atoms with Crippen molar-refractivity contribution in [2.75, 3.05) is 17.3 Å². The number of rotatable bonds is 4. The molecule has 0 unspecified atom stereocenters. The summed E-state index contributed by atoms with van der Waals surface area (Å²) in [5.74, 6) is 2.33. The fourth-order valence-electron chi connectivity index (χ4n) is 9.54. The number of fused-ring (bicyclic) bond motifs is 1. The van der Waals surface area contributed by atoms with Gasteiger partial charge in [0.05, 0.1) is 34.5 Å². The maximum absolute atomic E-state index is 14.5. The highest BCUT2D eigenvalue weighted by Crippen LogP contribution is 2.70. The number of amides is 1. The lowest BCUT2D eigenvalue weighted by Gasteiger charge is -2.59. The topological polar surface area (TPSA) is 72.9 Å². The first-order valence-electron chi connectivity index (χ1n) is 15.4. The van der Waals surface area contributed by atoms with Crippen molar-refractivity contribution in [3.63, 3.8) is 0 Å². The molecule has 0 N–H and O–H groups in total. The van der Waals surface area contributed by atoms with Crippen LogP contribution in [-0.2, 0) is 23.7 Å². The highest BCUT2D eigenvalue weighted by Gasteiger charge is 2.73. The van der Waals surface area contributed by atoms with E-state index in [2.05, 4.69) is 69.2 Å². The van der Waals surface area contributed by atoms with Gasteiger partial charge >= 0.3 is 8.56 Å². The summed E-state index contributed by atoms with van der Waals surface area (Å²) in [7, 11) is -6.64. The molecule has 6 nitrogen and oxygen atoms in total. The van der Waals surface area contributed by atoms with Gasteiger partial charge in [0, 0.05) is 38.8 Å². The first-order chi connectivity index (χ1) is 18.2. The van der Waals surface area contributed by atoms with Crippen LogP contribution in [0.1, 0.15) is 95.4 Å². The molecule has 0 aromatic carbocycles. The van der Waals surface area contributed by atoms with Crippen molar-refractivity contribution in [1.29, 1.82) is 0 Å². The normalized spacial score (nSPS) is 40.3. The van der Waals surface area contributed by atoms with Gasteiger partial charge in [-0.3, -0.25) is 4.79 Å². The fourth-order valence-corrected chi connectivity index (χ4v) is 20.6. The molecular weight excluding hydrogens is 579 g/mol. The number of hydrogen-bond donors (Lipinski definition) is 0. The molecule has 5 fully saturated rings. The van der Waals surface area contributed by atoms with Crippen LogP contribution in [0.25, 0.3) is 0 Å². The fraction of sp³-hybridized carbons (Fsp3) is 0.967. The molecule has 2 bridgehead atoms. The van der Waals surface area contributed by atoms with Gasteiger partial charge in [0.2, 0.25) is 15.9 Å². The van der Waals surface area contributed by atoms with Crippen molar-refractivity contribution in [3.05, 3.63) is 0 Å².